The van der Waals surface area contributed by atoms with E-state index in [9.17, 15) is 18.0 Å². The topological polar surface area (TPSA) is 70.2 Å². The fourth-order valence-corrected chi connectivity index (χ4v) is 1.33. The molecule has 19 heavy (non-hydrogen) atoms. The third-order valence-electron chi connectivity index (χ3n) is 2.05. The molecule has 1 aromatic heterocycles. The number of aliphatic carboxylic acids is 1. The van der Waals surface area contributed by atoms with Crippen molar-refractivity contribution in [2.24, 2.45) is 0 Å². The Morgan fingerprint density at radius 1 is 1.21 bits per heavy atom. The zero-order valence-electron chi connectivity index (χ0n) is 9.78. The first-order chi connectivity index (χ1) is 8.70. The summed E-state index contributed by atoms with van der Waals surface area (Å²) in [5.74, 6) is -0.833. The third kappa shape index (κ3) is 4.46. The zero-order valence-corrected chi connectivity index (χ0v) is 9.78. The van der Waals surface area contributed by atoms with Gasteiger partial charge in [0.15, 0.2) is 0 Å². The molecule has 2 N–H and O–H groups in total. The number of rotatable bonds is 0. The van der Waals surface area contributed by atoms with Crippen LogP contribution >= 0.6 is 0 Å². The van der Waals surface area contributed by atoms with E-state index in [-0.39, 0.29) is 5.56 Å². The highest BCUT2D eigenvalue weighted by molar-refractivity contribution is 5.79. The standard InChI is InChI=1S/C10H6F3NO.C2H4O2/c11-10(12,13)7-2-3-8-6(5-7)1-4-9(15)14-8;1-2(3)4/h1-5H,(H,14,15);1H3,(H,3,4). The van der Waals surface area contributed by atoms with Crippen LogP contribution in [0.1, 0.15) is 12.5 Å². The Kier molecular flexibility index (Phi) is 4.31. The van der Waals surface area contributed by atoms with E-state index in [2.05, 4.69) is 4.98 Å². The molecule has 0 saturated heterocycles. The number of hydrogen-bond acceptors (Lipinski definition) is 2. The number of alkyl halides is 3. The monoisotopic (exact) mass is 273 g/mol. The highest BCUT2D eigenvalue weighted by Crippen LogP contribution is 2.30. The molecule has 0 aliphatic heterocycles. The van der Waals surface area contributed by atoms with Crippen LogP contribution in [0.4, 0.5) is 13.2 Å². The number of H-pyrrole nitrogens is 1. The molecule has 0 amide bonds. The number of carbonyl (C=O) groups is 1. The summed E-state index contributed by atoms with van der Waals surface area (Å²) in [5.41, 5.74) is -0.653. The number of aromatic nitrogens is 1. The summed E-state index contributed by atoms with van der Waals surface area (Å²) in [5, 5.41) is 7.78. The minimum absolute atomic E-state index is 0.331. The first kappa shape index (κ1) is 14.7. The van der Waals surface area contributed by atoms with E-state index in [0.717, 1.165) is 19.1 Å². The second-order valence-corrected chi connectivity index (χ2v) is 3.64. The van der Waals surface area contributed by atoms with Gasteiger partial charge in [0.25, 0.3) is 5.97 Å². The Bertz CT molecular complexity index is 642. The van der Waals surface area contributed by atoms with Crippen LogP contribution in [0.25, 0.3) is 10.9 Å². The van der Waals surface area contributed by atoms with Gasteiger partial charge in [-0.2, -0.15) is 13.2 Å². The summed E-state index contributed by atoms with van der Waals surface area (Å²) in [4.78, 5) is 22.3. The first-order valence-electron chi connectivity index (χ1n) is 5.10. The number of benzene rings is 1. The van der Waals surface area contributed by atoms with Gasteiger partial charge < -0.3 is 10.1 Å². The van der Waals surface area contributed by atoms with E-state index in [0.29, 0.717) is 10.9 Å². The summed E-state index contributed by atoms with van der Waals surface area (Å²) in [6.07, 6.45) is -4.36. The quantitative estimate of drug-likeness (QED) is 0.775. The lowest BCUT2D eigenvalue weighted by Crippen LogP contribution is -2.06. The van der Waals surface area contributed by atoms with Crippen LogP contribution < -0.4 is 5.56 Å². The predicted octanol–water partition coefficient (Wildman–Crippen LogP) is 2.64. The van der Waals surface area contributed by atoms with Gasteiger partial charge in [-0.3, -0.25) is 9.59 Å². The van der Waals surface area contributed by atoms with Gasteiger partial charge in [0.05, 0.1) is 5.56 Å². The van der Waals surface area contributed by atoms with Gasteiger partial charge in [-0.05, 0) is 29.7 Å². The van der Waals surface area contributed by atoms with Crippen molar-refractivity contribution < 1.29 is 23.1 Å². The lowest BCUT2D eigenvalue weighted by atomic mass is 10.1. The summed E-state index contributed by atoms with van der Waals surface area (Å²) < 4.78 is 37.0. The largest absolute Gasteiger partial charge is 0.481 e. The van der Waals surface area contributed by atoms with Gasteiger partial charge in [-0.25, -0.2) is 0 Å². The van der Waals surface area contributed by atoms with E-state index < -0.39 is 17.7 Å². The van der Waals surface area contributed by atoms with Crippen molar-refractivity contribution in [2.45, 2.75) is 13.1 Å². The Hall–Kier alpha value is -2.31. The van der Waals surface area contributed by atoms with Crippen LogP contribution in [-0.4, -0.2) is 16.1 Å². The molecule has 102 valence electrons. The second-order valence-electron chi connectivity index (χ2n) is 3.64. The highest BCUT2D eigenvalue weighted by atomic mass is 19.4. The maximum atomic E-state index is 12.3. The number of aromatic amines is 1. The average molecular weight is 273 g/mol. The molecule has 0 saturated carbocycles. The molecule has 0 radical (unpaired) electrons. The summed E-state index contributed by atoms with van der Waals surface area (Å²) >= 11 is 0. The lowest BCUT2D eigenvalue weighted by molar-refractivity contribution is -0.137. The normalized spacial score (nSPS) is 10.7. The number of halogens is 3. The van der Waals surface area contributed by atoms with Crippen LogP contribution in [0.15, 0.2) is 35.1 Å². The van der Waals surface area contributed by atoms with Crippen LogP contribution in [0, 0.1) is 0 Å². The molecule has 4 nitrogen and oxygen atoms in total. The zero-order chi connectivity index (χ0) is 14.6. The minimum Gasteiger partial charge on any atom is -0.481 e. The van der Waals surface area contributed by atoms with Crippen molar-refractivity contribution in [3.63, 3.8) is 0 Å². The summed E-state index contributed by atoms with van der Waals surface area (Å²) in [7, 11) is 0. The van der Waals surface area contributed by atoms with Crippen molar-refractivity contribution in [2.75, 3.05) is 0 Å². The smallest absolute Gasteiger partial charge is 0.416 e. The molecule has 0 bridgehead atoms. The van der Waals surface area contributed by atoms with E-state index in [4.69, 9.17) is 9.90 Å². The molecule has 2 rings (SSSR count). The molecular weight excluding hydrogens is 263 g/mol. The number of carboxylic acids is 1. The highest BCUT2D eigenvalue weighted by Gasteiger charge is 2.30. The molecule has 7 heteroatoms. The fraction of sp³-hybridized carbons (Fsp3) is 0.167. The number of hydrogen-bond donors (Lipinski definition) is 2. The molecule has 1 aromatic carbocycles. The van der Waals surface area contributed by atoms with Gasteiger partial charge >= 0.3 is 6.18 Å². The van der Waals surface area contributed by atoms with Crippen molar-refractivity contribution in [3.05, 3.63) is 46.2 Å². The molecule has 0 aliphatic carbocycles. The Morgan fingerprint density at radius 2 is 1.79 bits per heavy atom. The van der Waals surface area contributed by atoms with E-state index >= 15 is 0 Å². The maximum absolute atomic E-state index is 12.3. The van der Waals surface area contributed by atoms with Gasteiger partial charge in [-0.1, -0.05) is 0 Å². The van der Waals surface area contributed by atoms with Crippen molar-refractivity contribution in [1.29, 1.82) is 0 Å². The Morgan fingerprint density at radius 3 is 2.32 bits per heavy atom. The molecule has 0 atom stereocenters. The third-order valence-corrected chi connectivity index (χ3v) is 2.05. The van der Waals surface area contributed by atoms with E-state index in [1.807, 2.05) is 0 Å². The maximum Gasteiger partial charge on any atom is 0.416 e. The number of pyridine rings is 1. The molecular formula is C12H10F3NO3. The van der Waals surface area contributed by atoms with E-state index in [1.165, 1.54) is 18.2 Å². The minimum atomic E-state index is -4.36. The van der Waals surface area contributed by atoms with Crippen LogP contribution in [-0.2, 0) is 11.0 Å². The SMILES string of the molecule is CC(=O)O.O=c1ccc2cc(C(F)(F)F)ccc2[nH]1. The molecule has 0 fully saturated rings. The fourth-order valence-electron chi connectivity index (χ4n) is 1.33. The van der Waals surface area contributed by atoms with Gasteiger partial charge in [0.2, 0.25) is 5.56 Å². The lowest BCUT2D eigenvalue weighted by Gasteiger charge is -2.06. The van der Waals surface area contributed by atoms with Crippen LogP contribution in [0.5, 0.6) is 0 Å². The second kappa shape index (κ2) is 5.55. The van der Waals surface area contributed by atoms with Crippen LogP contribution in [0.2, 0.25) is 0 Å². The number of fused-ring (bicyclic) bond motifs is 1. The van der Waals surface area contributed by atoms with Gasteiger partial charge in [-0.15, -0.1) is 0 Å². The number of nitrogens with one attached hydrogen (secondary N) is 1. The van der Waals surface area contributed by atoms with E-state index in [1.54, 1.807) is 0 Å². The molecule has 0 aliphatic rings. The molecule has 2 aromatic rings. The molecule has 1 heterocycles. The predicted molar refractivity (Wildman–Crippen MR) is 62.9 cm³/mol. The summed E-state index contributed by atoms with van der Waals surface area (Å²) in [6, 6.07) is 5.76. The van der Waals surface area contributed by atoms with Crippen molar-refractivity contribution in [3.8, 4) is 0 Å². The molecule has 0 spiro atoms. The van der Waals surface area contributed by atoms with Gasteiger partial charge in [0, 0.05) is 18.5 Å². The average Bonchev–Trinajstić information content (AvgIpc) is 2.26. The Balaban J connectivity index is 0.000000399. The Labute approximate surface area is 105 Å². The van der Waals surface area contributed by atoms with Gasteiger partial charge in [0.1, 0.15) is 0 Å². The first-order valence-corrected chi connectivity index (χ1v) is 5.10. The molecule has 0 unspecified atom stereocenters. The van der Waals surface area contributed by atoms with Crippen molar-refractivity contribution in [1.82, 2.24) is 4.98 Å². The number of carboxylic acid groups (broad SMARTS) is 1. The van der Waals surface area contributed by atoms with Crippen molar-refractivity contribution >= 4 is 16.9 Å². The summed E-state index contributed by atoms with van der Waals surface area (Å²) in [6.45, 7) is 1.08. The van der Waals surface area contributed by atoms with Crippen LogP contribution in [0.3, 0.4) is 0 Å².